The largest absolute Gasteiger partial charge is 0.481 e. The Morgan fingerprint density at radius 1 is 1.58 bits per heavy atom. The summed E-state index contributed by atoms with van der Waals surface area (Å²) < 4.78 is 2.23. The molecule has 0 saturated heterocycles. The summed E-state index contributed by atoms with van der Waals surface area (Å²) in [6.07, 6.45) is 1.84. The number of nitrogens with zero attached hydrogens (tertiary/aromatic N) is 2. The molecule has 2 aromatic rings. The van der Waals surface area contributed by atoms with E-state index < -0.39 is 5.97 Å². The Balaban J connectivity index is 2.45. The second-order valence-corrected chi connectivity index (χ2v) is 5.88. The fraction of sp³-hybridized carbons (Fsp3) is 0.417. The molecule has 0 aromatic carbocycles. The first-order valence-corrected chi connectivity index (χ1v) is 7.82. The number of aliphatic carboxylic acids is 1. The molecule has 0 spiro atoms. The minimum atomic E-state index is -0.910. The minimum absolute atomic E-state index is 0.0682. The molecule has 102 valence electrons. The van der Waals surface area contributed by atoms with Gasteiger partial charge in [0.1, 0.15) is 4.70 Å². The molecule has 0 radical (unpaired) electrons. The van der Waals surface area contributed by atoms with Crippen molar-refractivity contribution in [2.75, 3.05) is 5.75 Å². The van der Waals surface area contributed by atoms with Gasteiger partial charge in [-0.25, -0.2) is 4.98 Å². The third kappa shape index (κ3) is 3.16. The van der Waals surface area contributed by atoms with Gasteiger partial charge in [0.25, 0.3) is 5.56 Å². The van der Waals surface area contributed by atoms with Crippen LogP contribution in [0.4, 0.5) is 0 Å². The molecule has 0 aliphatic heterocycles. The Morgan fingerprint density at radius 2 is 2.37 bits per heavy atom. The van der Waals surface area contributed by atoms with Crippen molar-refractivity contribution in [3.05, 3.63) is 21.8 Å². The lowest BCUT2D eigenvalue weighted by molar-refractivity contribution is -0.133. The van der Waals surface area contributed by atoms with Gasteiger partial charge in [0.2, 0.25) is 0 Å². The predicted molar refractivity (Wildman–Crippen MR) is 77.1 cm³/mol. The van der Waals surface area contributed by atoms with Crippen molar-refractivity contribution in [1.82, 2.24) is 9.55 Å². The number of aromatic nitrogens is 2. The molecular formula is C12H14N2O3S2. The SMILES string of the molecule is CCCCn1c(SCC(=O)O)nc2ccsc2c1=O. The lowest BCUT2D eigenvalue weighted by Gasteiger charge is -2.10. The van der Waals surface area contributed by atoms with Gasteiger partial charge in [0.05, 0.1) is 11.3 Å². The zero-order valence-electron chi connectivity index (χ0n) is 10.5. The lowest BCUT2D eigenvalue weighted by Crippen LogP contribution is -2.23. The fourth-order valence-corrected chi connectivity index (χ4v) is 3.20. The molecule has 0 unspecified atom stereocenters. The van der Waals surface area contributed by atoms with Gasteiger partial charge >= 0.3 is 5.97 Å². The molecule has 0 aliphatic carbocycles. The van der Waals surface area contributed by atoms with Crippen LogP contribution in [0.5, 0.6) is 0 Å². The van der Waals surface area contributed by atoms with Gasteiger partial charge in [-0.3, -0.25) is 14.2 Å². The summed E-state index contributed by atoms with van der Waals surface area (Å²) in [6.45, 7) is 2.63. The van der Waals surface area contributed by atoms with E-state index in [1.165, 1.54) is 11.3 Å². The van der Waals surface area contributed by atoms with Crippen molar-refractivity contribution in [2.45, 2.75) is 31.5 Å². The van der Waals surface area contributed by atoms with E-state index in [4.69, 9.17) is 5.11 Å². The van der Waals surface area contributed by atoms with Crippen LogP contribution in [0.25, 0.3) is 10.2 Å². The summed E-state index contributed by atoms with van der Waals surface area (Å²) in [6, 6.07) is 1.79. The minimum Gasteiger partial charge on any atom is -0.481 e. The first-order valence-electron chi connectivity index (χ1n) is 5.96. The second-order valence-electron chi connectivity index (χ2n) is 4.02. The number of unbranched alkanes of at least 4 members (excludes halogenated alkanes) is 1. The van der Waals surface area contributed by atoms with E-state index in [0.29, 0.717) is 21.9 Å². The van der Waals surface area contributed by atoms with E-state index >= 15 is 0 Å². The summed E-state index contributed by atoms with van der Waals surface area (Å²) in [5, 5.41) is 11.1. The van der Waals surface area contributed by atoms with Crippen LogP contribution in [-0.4, -0.2) is 26.4 Å². The van der Waals surface area contributed by atoms with E-state index in [1.807, 2.05) is 12.3 Å². The normalized spacial score (nSPS) is 11.0. The van der Waals surface area contributed by atoms with E-state index in [1.54, 1.807) is 10.6 Å². The van der Waals surface area contributed by atoms with Crippen molar-refractivity contribution in [2.24, 2.45) is 0 Å². The van der Waals surface area contributed by atoms with E-state index in [9.17, 15) is 9.59 Å². The van der Waals surface area contributed by atoms with Crippen LogP contribution in [0.1, 0.15) is 19.8 Å². The Bertz CT molecular complexity index is 648. The van der Waals surface area contributed by atoms with Gasteiger partial charge in [-0.1, -0.05) is 25.1 Å². The van der Waals surface area contributed by atoms with E-state index in [-0.39, 0.29) is 11.3 Å². The Labute approximate surface area is 118 Å². The molecule has 0 saturated carbocycles. The summed E-state index contributed by atoms with van der Waals surface area (Å²) in [4.78, 5) is 27.4. The topological polar surface area (TPSA) is 72.2 Å². The molecule has 19 heavy (non-hydrogen) atoms. The molecular weight excluding hydrogens is 284 g/mol. The molecule has 0 fully saturated rings. The number of hydrogen-bond acceptors (Lipinski definition) is 5. The number of hydrogen-bond donors (Lipinski definition) is 1. The third-order valence-corrected chi connectivity index (χ3v) is 4.44. The van der Waals surface area contributed by atoms with Crippen LogP contribution in [0, 0.1) is 0 Å². The Hall–Kier alpha value is -1.34. The number of thiophene rings is 1. The number of carboxylic acid groups (broad SMARTS) is 1. The molecule has 2 rings (SSSR count). The van der Waals surface area contributed by atoms with Crippen molar-refractivity contribution < 1.29 is 9.90 Å². The summed E-state index contributed by atoms with van der Waals surface area (Å²) >= 11 is 2.47. The van der Waals surface area contributed by atoms with Crippen LogP contribution < -0.4 is 5.56 Å². The molecule has 0 amide bonds. The molecule has 0 aliphatic rings. The maximum Gasteiger partial charge on any atom is 0.313 e. The molecule has 7 heteroatoms. The predicted octanol–water partition coefficient (Wildman–Crippen LogP) is 2.43. The quantitative estimate of drug-likeness (QED) is 0.655. The Morgan fingerprint density at radius 3 is 3.05 bits per heavy atom. The molecule has 0 atom stereocenters. The second kappa shape index (κ2) is 6.21. The zero-order valence-corrected chi connectivity index (χ0v) is 12.1. The highest BCUT2D eigenvalue weighted by atomic mass is 32.2. The third-order valence-electron chi connectivity index (χ3n) is 2.59. The highest BCUT2D eigenvalue weighted by molar-refractivity contribution is 7.99. The van der Waals surface area contributed by atoms with Gasteiger partial charge in [0, 0.05) is 6.54 Å². The van der Waals surface area contributed by atoms with E-state index in [2.05, 4.69) is 4.98 Å². The zero-order chi connectivity index (χ0) is 13.8. The first-order chi connectivity index (χ1) is 9.13. The van der Waals surface area contributed by atoms with Crippen molar-refractivity contribution in [1.29, 1.82) is 0 Å². The number of rotatable bonds is 6. The summed E-state index contributed by atoms with van der Waals surface area (Å²) in [5.41, 5.74) is 0.581. The van der Waals surface area contributed by atoms with Crippen LogP contribution in [0.2, 0.25) is 0 Å². The number of carbonyl (C=O) groups is 1. The van der Waals surface area contributed by atoms with Crippen molar-refractivity contribution in [3.63, 3.8) is 0 Å². The lowest BCUT2D eigenvalue weighted by atomic mass is 10.3. The van der Waals surface area contributed by atoms with Gasteiger partial charge < -0.3 is 5.11 Å². The summed E-state index contributed by atoms with van der Waals surface area (Å²) in [5.74, 6) is -1.000. The number of carboxylic acids is 1. The number of thioether (sulfide) groups is 1. The Kier molecular flexibility index (Phi) is 4.60. The van der Waals surface area contributed by atoms with E-state index in [0.717, 1.165) is 24.6 Å². The molecule has 1 N–H and O–H groups in total. The van der Waals surface area contributed by atoms with Gasteiger partial charge in [-0.15, -0.1) is 11.3 Å². The van der Waals surface area contributed by atoms with Crippen molar-refractivity contribution >= 4 is 39.3 Å². The standard InChI is InChI=1S/C12H14N2O3S2/c1-2-3-5-14-11(17)10-8(4-6-18-10)13-12(14)19-7-9(15)16/h4,6H,2-3,5,7H2,1H3,(H,15,16). The summed E-state index contributed by atoms with van der Waals surface area (Å²) in [7, 11) is 0. The highest BCUT2D eigenvalue weighted by Gasteiger charge is 2.13. The molecule has 2 heterocycles. The van der Waals surface area contributed by atoms with Crippen LogP contribution in [0.15, 0.2) is 21.4 Å². The first kappa shape index (κ1) is 14.1. The van der Waals surface area contributed by atoms with Gasteiger partial charge in [-0.2, -0.15) is 0 Å². The smallest absolute Gasteiger partial charge is 0.313 e. The van der Waals surface area contributed by atoms with Crippen molar-refractivity contribution in [3.8, 4) is 0 Å². The maximum absolute atomic E-state index is 12.3. The van der Waals surface area contributed by atoms with Gasteiger partial charge in [0.15, 0.2) is 5.16 Å². The maximum atomic E-state index is 12.3. The molecule has 0 bridgehead atoms. The van der Waals surface area contributed by atoms with Crippen LogP contribution >= 0.6 is 23.1 Å². The van der Waals surface area contributed by atoms with Crippen LogP contribution in [0.3, 0.4) is 0 Å². The molecule has 2 aromatic heterocycles. The van der Waals surface area contributed by atoms with Gasteiger partial charge in [-0.05, 0) is 17.9 Å². The highest BCUT2D eigenvalue weighted by Crippen LogP contribution is 2.21. The van der Waals surface area contributed by atoms with Crippen LogP contribution in [-0.2, 0) is 11.3 Å². The fourth-order valence-electron chi connectivity index (χ4n) is 1.67. The average Bonchev–Trinajstić information content (AvgIpc) is 2.84. The monoisotopic (exact) mass is 298 g/mol. The average molecular weight is 298 g/mol. The molecule has 5 nitrogen and oxygen atoms in total. The number of fused-ring (bicyclic) bond motifs is 1.